The van der Waals surface area contributed by atoms with Gasteiger partial charge in [-0.2, -0.15) is 0 Å². The highest BCUT2D eigenvalue weighted by atomic mass is 35.5. The van der Waals surface area contributed by atoms with Gasteiger partial charge in [0.1, 0.15) is 5.75 Å². The molecular weight excluding hydrogens is 436 g/mol. The van der Waals surface area contributed by atoms with Gasteiger partial charge in [0.05, 0.1) is 23.2 Å². The Balaban J connectivity index is 1.80. The average Bonchev–Trinajstić information content (AvgIpc) is 2.74. The zero-order valence-corrected chi connectivity index (χ0v) is 18.5. The Bertz CT molecular complexity index is 1070. The molecule has 8 heteroatoms. The van der Waals surface area contributed by atoms with Crippen molar-refractivity contribution in [3.05, 3.63) is 82.0 Å². The number of halogens is 1. The van der Waals surface area contributed by atoms with Gasteiger partial charge in [0.2, 0.25) is 0 Å². The van der Waals surface area contributed by atoms with Gasteiger partial charge in [-0.1, -0.05) is 48.0 Å². The summed E-state index contributed by atoms with van der Waals surface area (Å²) in [6, 6.07) is 13.8. The molecule has 0 fully saturated rings. The van der Waals surface area contributed by atoms with Crippen LogP contribution < -0.4 is 15.4 Å². The molecule has 1 unspecified atom stereocenters. The molecule has 0 spiro atoms. The van der Waals surface area contributed by atoms with Crippen LogP contribution in [0.1, 0.15) is 31.0 Å². The zero-order valence-electron chi connectivity index (χ0n) is 17.0. The molecule has 0 bridgehead atoms. The van der Waals surface area contributed by atoms with Crippen molar-refractivity contribution in [1.82, 2.24) is 10.6 Å². The first-order chi connectivity index (χ1) is 14.9. The molecule has 2 aromatic rings. The Morgan fingerprint density at radius 3 is 2.61 bits per heavy atom. The minimum Gasteiger partial charge on any atom is -0.463 e. The van der Waals surface area contributed by atoms with Gasteiger partial charge < -0.3 is 20.1 Å². The lowest BCUT2D eigenvalue weighted by molar-refractivity contribution is -0.139. The largest absolute Gasteiger partial charge is 0.463 e. The molecule has 0 aliphatic carbocycles. The monoisotopic (exact) mass is 456 g/mol. The van der Waals surface area contributed by atoms with Crippen LogP contribution in [0.25, 0.3) is 6.08 Å². The van der Waals surface area contributed by atoms with E-state index in [1.54, 1.807) is 38.1 Å². The van der Waals surface area contributed by atoms with E-state index in [9.17, 15) is 9.59 Å². The van der Waals surface area contributed by atoms with Gasteiger partial charge in [0, 0.05) is 11.8 Å². The van der Waals surface area contributed by atoms with Gasteiger partial charge >= 0.3 is 11.9 Å². The van der Waals surface area contributed by atoms with Crippen LogP contribution in [0.15, 0.2) is 65.9 Å². The van der Waals surface area contributed by atoms with E-state index in [1.807, 2.05) is 30.3 Å². The van der Waals surface area contributed by atoms with Crippen LogP contribution in [0.5, 0.6) is 5.75 Å². The first-order valence-electron chi connectivity index (χ1n) is 9.58. The smallest absolute Gasteiger partial charge is 0.338 e. The number of rotatable bonds is 6. The Morgan fingerprint density at radius 2 is 1.94 bits per heavy atom. The number of hydrogen-bond acceptors (Lipinski definition) is 5. The van der Waals surface area contributed by atoms with Crippen molar-refractivity contribution in [2.24, 2.45) is 0 Å². The summed E-state index contributed by atoms with van der Waals surface area (Å²) in [5.74, 6) is -0.796. The summed E-state index contributed by atoms with van der Waals surface area (Å²) in [5.41, 5.74) is 2.56. The molecule has 6 nitrogen and oxygen atoms in total. The highest BCUT2D eigenvalue weighted by molar-refractivity contribution is 7.80. The Hall–Kier alpha value is -3.16. The molecule has 1 atom stereocenters. The number of ether oxygens (including phenoxy) is 2. The van der Waals surface area contributed by atoms with Gasteiger partial charge in [0.25, 0.3) is 0 Å². The normalized spacial score (nSPS) is 16.0. The van der Waals surface area contributed by atoms with Crippen LogP contribution in [0.2, 0.25) is 5.02 Å². The fourth-order valence-electron chi connectivity index (χ4n) is 3.07. The third kappa shape index (κ3) is 5.71. The van der Waals surface area contributed by atoms with Gasteiger partial charge in [-0.15, -0.1) is 0 Å². The Morgan fingerprint density at radius 1 is 1.19 bits per heavy atom. The molecule has 31 heavy (non-hydrogen) atoms. The topological polar surface area (TPSA) is 76.7 Å². The fourth-order valence-corrected chi connectivity index (χ4v) is 3.57. The van der Waals surface area contributed by atoms with Gasteiger partial charge in [0.15, 0.2) is 5.11 Å². The van der Waals surface area contributed by atoms with Crippen LogP contribution in [0, 0.1) is 0 Å². The molecule has 1 heterocycles. The summed E-state index contributed by atoms with van der Waals surface area (Å²) in [6.45, 7) is 3.74. The van der Waals surface area contributed by atoms with Crippen molar-refractivity contribution >= 4 is 46.9 Å². The molecule has 0 saturated heterocycles. The van der Waals surface area contributed by atoms with Gasteiger partial charge in [-0.25, -0.2) is 9.59 Å². The minimum atomic E-state index is -0.553. The molecule has 0 radical (unpaired) electrons. The van der Waals surface area contributed by atoms with E-state index < -0.39 is 18.0 Å². The molecule has 2 aromatic carbocycles. The molecule has 1 aliphatic rings. The van der Waals surface area contributed by atoms with Crippen LogP contribution in [-0.4, -0.2) is 23.7 Å². The van der Waals surface area contributed by atoms with E-state index in [2.05, 4.69) is 10.6 Å². The standard InChI is InChI=1S/C23H21ClN2O4S/c1-3-29-22(28)20-14(2)25-23(31)26-21(20)16-10-11-18(17(24)13-16)30-19(27)12-9-15-7-5-4-6-8-15/h4-13,21H,3H2,1-2H3,(H2,25,26,31)/b12-9+. The van der Waals surface area contributed by atoms with Crippen molar-refractivity contribution < 1.29 is 19.1 Å². The number of esters is 2. The second-order valence-corrected chi connectivity index (χ2v) is 7.46. The lowest BCUT2D eigenvalue weighted by Crippen LogP contribution is -2.45. The van der Waals surface area contributed by atoms with Crippen molar-refractivity contribution in [1.29, 1.82) is 0 Å². The van der Waals surface area contributed by atoms with E-state index in [0.717, 1.165) is 5.56 Å². The molecular formula is C23H21ClN2O4S. The quantitative estimate of drug-likeness (QED) is 0.290. The first-order valence-corrected chi connectivity index (χ1v) is 10.4. The van der Waals surface area contributed by atoms with Crippen molar-refractivity contribution in [3.63, 3.8) is 0 Å². The lowest BCUT2D eigenvalue weighted by atomic mass is 9.95. The van der Waals surface area contributed by atoms with E-state index in [0.29, 0.717) is 21.9 Å². The number of benzene rings is 2. The summed E-state index contributed by atoms with van der Waals surface area (Å²) < 4.78 is 10.5. The highest BCUT2D eigenvalue weighted by Gasteiger charge is 2.31. The molecule has 0 aromatic heterocycles. The molecule has 0 amide bonds. The van der Waals surface area contributed by atoms with Crippen molar-refractivity contribution in [2.75, 3.05) is 6.61 Å². The average molecular weight is 457 g/mol. The fraction of sp³-hybridized carbons (Fsp3) is 0.174. The maximum absolute atomic E-state index is 12.5. The van der Waals surface area contributed by atoms with Crippen LogP contribution in [0.3, 0.4) is 0 Å². The molecule has 1 aliphatic heterocycles. The number of hydrogen-bond donors (Lipinski definition) is 2. The summed E-state index contributed by atoms with van der Waals surface area (Å²) in [5, 5.41) is 6.61. The Kier molecular flexibility index (Phi) is 7.44. The van der Waals surface area contributed by atoms with Crippen LogP contribution in [0.4, 0.5) is 0 Å². The molecule has 3 rings (SSSR count). The first kappa shape index (κ1) is 22.5. The minimum absolute atomic E-state index is 0.211. The number of thiocarbonyl (C=S) groups is 1. The summed E-state index contributed by atoms with van der Waals surface area (Å²) in [6.07, 6.45) is 2.99. The summed E-state index contributed by atoms with van der Waals surface area (Å²) in [7, 11) is 0. The second kappa shape index (κ2) is 10.2. The maximum Gasteiger partial charge on any atom is 0.338 e. The van der Waals surface area contributed by atoms with E-state index >= 15 is 0 Å². The van der Waals surface area contributed by atoms with Crippen molar-refractivity contribution in [2.45, 2.75) is 19.9 Å². The van der Waals surface area contributed by atoms with Crippen molar-refractivity contribution in [3.8, 4) is 5.75 Å². The Labute approximate surface area is 190 Å². The molecule has 0 saturated carbocycles. The van der Waals surface area contributed by atoms with E-state index in [-0.39, 0.29) is 17.4 Å². The third-order valence-corrected chi connectivity index (χ3v) is 4.99. The second-order valence-electron chi connectivity index (χ2n) is 6.65. The number of carbonyl (C=O) groups excluding carboxylic acids is 2. The van der Waals surface area contributed by atoms with E-state index in [4.69, 9.17) is 33.3 Å². The zero-order chi connectivity index (χ0) is 22.4. The lowest BCUT2D eigenvalue weighted by Gasteiger charge is -2.30. The predicted octanol–water partition coefficient (Wildman–Crippen LogP) is 4.31. The third-order valence-electron chi connectivity index (χ3n) is 4.48. The highest BCUT2D eigenvalue weighted by Crippen LogP contribution is 2.33. The van der Waals surface area contributed by atoms with Crippen LogP contribution >= 0.6 is 23.8 Å². The van der Waals surface area contributed by atoms with Crippen LogP contribution in [-0.2, 0) is 14.3 Å². The summed E-state index contributed by atoms with van der Waals surface area (Å²) >= 11 is 11.6. The number of allylic oxidation sites excluding steroid dienone is 1. The van der Waals surface area contributed by atoms with Gasteiger partial charge in [-0.05, 0) is 55.4 Å². The number of nitrogens with one attached hydrogen (secondary N) is 2. The van der Waals surface area contributed by atoms with Gasteiger partial charge in [-0.3, -0.25) is 0 Å². The van der Waals surface area contributed by atoms with E-state index in [1.165, 1.54) is 6.08 Å². The maximum atomic E-state index is 12.5. The number of carbonyl (C=O) groups is 2. The molecule has 160 valence electrons. The molecule has 2 N–H and O–H groups in total. The SMILES string of the molecule is CCOC(=O)C1=C(C)NC(=S)NC1c1ccc(OC(=O)/C=C/c2ccccc2)c(Cl)c1. The predicted molar refractivity (Wildman–Crippen MR) is 124 cm³/mol. The summed E-state index contributed by atoms with van der Waals surface area (Å²) in [4.78, 5) is 24.6.